The minimum absolute atomic E-state index is 0.0852. The number of rotatable bonds is 4. The van der Waals surface area contributed by atoms with Gasteiger partial charge in [0.1, 0.15) is 23.1 Å². The predicted molar refractivity (Wildman–Crippen MR) is 122 cm³/mol. The van der Waals surface area contributed by atoms with Gasteiger partial charge in [0.05, 0.1) is 0 Å². The summed E-state index contributed by atoms with van der Waals surface area (Å²) in [6, 6.07) is 12.3. The van der Waals surface area contributed by atoms with E-state index < -0.39 is 11.7 Å². The average molecular weight is 421 g/mol. The molecule has 0 unspecified atom stereocenters. The maximum absolute atomic E-state index is 12.5. The van der Waals surface area contributed by atoms with E-state index in [4.69, 9.17) is 9.15 Å². The average Bonchev–Trinajstić information content (AvgIpc) is 2.74. The summed E-state index contributed by atoms with van der Waals surface area (Å²) < 4.78 is 11.7. The van der Waals surface area contributed by atoms with Crippen LogP contribution in [0.15, 0.2) is 51.7 Å². The topological polar surface area (TPSA) is 83.8 Å². The number of nitrogens with one attached hydrogen (secondary N) is 2. The van der Waals surface area contributed by atoms with Crippen molar-refractivity contribution in [1.82, 2.24) is 4.90 Å². The second-order valence-electron chi connectivity index (χ2n) is 8.07. The second-order valence-corrected chi connectivity index (χ2v) is 8.07. The van der Waals surface area contributed by atoms with Crippen molar-refractivity contribution in [2.24, 2.45) is 0 Å². The van der Waals surface area contributed by atoms with Gasteiger partial charge in [0.15, 0.2) is 0 Å². The number of hydrogen-bond acceptors (Lipinski definition) is 5. The van der Waals surface area contributed by atoms with Gasteiger partial charge in [-0.05, 0) is 63.6 Å². The molecule has 0 radical (unpaired) electrons. The number of ether oxygens (including phenoxy) is 1. The predicted octanol–water partition coefficient (Wildman–Crippen LogP) is 4.53. The Labute approximate surface area is 181 Å². The third kappa shape index (κ3) is 4.72. The molecule has 0 saturated carbocycles. The maximum atomic E-state index is 12.5. The van der Waals surface area contributed by atoms with Crippen molar-refractivity contribution in [2.45, 2.75) is 32.8 Å². The van der Waals surface area contributed by atoms with Crippen molar-refractivity contribution < 1.29 is 13.9 Å². The summed E-state index contributed by atoms with van der Waals surface area (Å²) in [5, 5.41) is 6.06. The molecule has 0 aliphatic carbocycles. The van der Waals surface area contributed by atoms with Gasteiger partial charge in [-0.15, -0.1) is 0 Å². The van der Waals surface area contributed by atoms with Crippen LogP contribution in [0.25, 0.3) is 11.0 Å². The minimum Gasteiger partial charge on any atom is -0.490 e. The van der Waals surface area contributed by atoms with E-state index >= 15 is 0 Å². The van der Waals surface area contributed by atoms with Crippen LogP contribution in [-0.2, 0) is 0 Å². The first kappa shape index (κ1) is 20.9. The number of anilines is 2. The molecule has 0 atom stereocenters. The zero-order valence-electron chi connectivity index (χ0n) is 18.0. The van der Waals surface area contributed by atoms with Crippen LogP contribution in [0, 0.1) is 13.8 Å². The third-order valence-electron chi connectivity index (χ3n) is 5.70. The summed E-state index contributed by atoms with van der Waals surface area (Å²) >= 11 is 0. The number of piperidine rings is 1. The van der Waals surface area contributed by atoms with Gasteiger partial charge < -0.3 is 24.7 Å². The molecule has 1 aliphatic rings. The molecule has 0 spiro atoms. The smallest absolute Gasteiger partial charge is 0.360 e. The molecular weight excluding hydrogens is 394 g/mol. The molecule has 3 aromatic rings. The van der Waals surface area contributed by atoms with E-state index in [1.807, 2.05) is 44.2 Å². The van der Waals surface area contributed by atoms with Crippen LogP contribution in [-0.4, -0.2) is 37.2 Å². The fraction of sp³-hybridized carbons (Fsp3) is 0.333. The van der Waals surface area contributed by atoms with E-state index in [-0.39, 0.29) is 11.8 Å². The van der Waals surface area contributed by atoms with Crippen LogP contribution in [0.1, 0.15) is 24.0 Å². The number of para-hydroxylation sites is 1. The summed E-state index contributed by atoms with van der Waals surface area (Å²) in [5.74, 6) is 0.725. The van der Waals surface area contributed by atoms with Gasteiger partial charge >= 0.3 is 11.7 Å². The van der Waals surface area contributed by atoms with E-state index in [1.165, 1.54) is 0 Å². The lowest BCUT2D eigenvalue weighted by Gasteiger charge is -2.29. The number of aryl methyl sites for hydroxylation is 2. The molecule has 1 aromatic heterocycles. The number of benzene rings is 2. The number of fused-ring (bicyclic) bond motifs is 1. The Morgan fingerprint density at radius 3 is 2.52 bits per heavy atom. The monoisotopic (exact) mass is 421 g/mol. The molecule has 2 amide bonds. The van der Waals surface area contributed by atoms with Gasteiger partial charge in [0, 0.05) is 29.7 Å². The molecule has 0 bridgehead atoms. The first-order chi connectivity index (χ1) is 14.9. The lowest BCUT2D eigenvalue weighted by Crippen LogP contribution is -2.35. The van der Waals surface area contributed by atoms with Gasteiger partial charge in [-0.25, -0.2) is 9.59 Å². The molecule has 2 N–H and O–H groups in total. The quantitative estimate of drug-likeness (QED) is 0.605. The summed E-state index contributed by atoms with van der Waals surface area (Å²) in [4.78, 5) is 27.2. The summed E-state index contributed by atoms with van der Waals surface area (Å²) in [6.45, 7) is 5.79. The Morgan fingerprint density at radius 1 is 1.06 bits per heavy atom. The number of amides is 2. The van der Waals surface area contributed by atoms with Crippen LogP contribution in [0.3, 0.4) is 0 Å². The normalized spacial score (nSPS) is 15.1. The highest BCUT2D eigenvalue weighted by atomic mass is 16.5. The van der Waals surface area contributed by atoms with E-state index in [9.17, 15) is 9.59 Å². The second kappa shape index (κ2) is 8.81. The standard InChI is InChI=1S/C24H27N3O4/c1-15-6-4-5-7-19(15)25-24(29)26-20-14-17-8-9-21(16(2)22(17)31-23(20)28)30-18-10-12-27(3)13-11-18/h4-9,14,18H,10-13H2,1-3H3,(H2,25,26,29). The molecule has 1 aliphatic heterocycles. The van der Waals surface area contributed by atoms with Crippen molar-refractivity contribution in [2.75, 3.05) is 30.8 Å². The highest BCUT2D eigenvalue weighted by molar-refractivity contribution is 6.01. The van der Waals surface area contributed by atoms with Crippen LogP contribution in [0.2, 0.25) is 0 Å². The van der Waals surface area contributed by atoms with E-state index in [0.717, 1.165) is 48.2 Å². The van der Waals surface area contributed by atoms with Crippen molar-refractivity contribution in [3.63, 3.8) is 0 Å². The van der Waals surface area contributed by atoms with Crippen LogP contribution in [0.5, 0.6) is 5.75 Å². The summed E-state index contributed by atoms with van der Waals surface area (Å²) in [5.41, 5.74) is 2.34. The van der Waals surface area contributed by atoms with Gasteiger partial charge in [-0.1, -0.05) is 18.2 Å². The van der Waals surface area contributed by atoms with E-state index in [2.05, 4.69) is 22.6 Å². The Morgan fingerprint density at radius 2 is 1.77 bits per heavy atom. The van der Waals surface area contributed by atoms with Gasteiger partial charge in [-0.2, -0.15) is 0 Å². The maximum Gasteiger partial charge on any atom is 0.360 e. The molecule has 7 heteroatoms. The molecule has 2 aromatic carbocycles. The number of urea groups is 1. The largest absolute Gasteiger partial charge is 0.490 e. The number of hydrogen-bond donors (Lipinski definition) is 2. The molecular formula is C24H27N3O4. The Hall–Kier alpha value is -3.32. The molecule has 4 rings (SSSR count). The number of carbonyl (C=O) groups is 1. The highest BCUT2D eigenvalue weighted by Gasteiger charge is 2.20. The lowest BCUT2D eigenvalue weighted by molar-refractivity contribution is 0.113. The zero-order valence-corrected chi connectivity index (χ0v) is 18.0. The number of nitrogens with zero attached hydrogens (tertiary/aromatic N) is 1. The molecule has 2 heterocycles. The molecule has 1 fully saturated rings. The lowest BCUT2D eigenvalue weighted by atomic mass is 10.1. The van der Waals surface area contributed by atoms with E-state index in [1.54, 1.807) is 12.1 Å². The Balaban J connectivity index is 1.53. The molecule has 1 saturated heterocycles. The SMILES string of the molecule is Cc1ccccc1NC(=O)Nc1cc2ccc(OC3CCN(C)CC3)c(C)c2oc1=O. The van der Waals surface area contributed by atoms with Crippen LogP contribution in [0.4, 0.5) is 16.2 Å². The van der Waals surface area contributed by atoms with Crippen molar-refractivity contribution in [3.05, 3.63) is 64.0 Å². The Bertz CT molecular complexity index is 1160. The number of likely N-dealkylation sites (tertiary alicyclic amines) is 1. The van der Waals surface area contributed by atoms with Gasteiger partial charge in [0.2, 0.25) is 0 Å². The first-order valence-corrected chi connectivity index (χ1v) is 10.5. The van der Waals surface area contributed by atoms with Gasteiger partial charge in [-0.3, -0.25) is 0 Å². The van der Waals surface area contributed by atoms with Crippen molar-refractivity contribution in [1.29, 1.82) is 0 Å². The van der Waals surface area contributed by atoms with Crippen molar-refractivity contribution >= 4 is 28.4 Å². The van der Waals surface area contributed by atoms with Crippen LogP contribution < -0.4 is 21.0 Å². The number of carbonyl (C=O) groups excluding carboxylic acids is 1. The molecule has 31 heavy (non-hydrogen) atoms. The zero-order chi connectivity index (χ0) is 22.0. The highest BCUT2D eigenvalue weighted by Crippen LogP contribution is 2.30. The summed E-state index contributed by atoms with van der Waals surface area (Å²) in [6.07, 6.45) is 2.10. The van der Waals surface area contributed by atoms with E-state index in [0.29, 0.717) is 11.3 Å². The van der Waals surface area contributed by atoms with Gasteiger partial charge in [0.25, 0.3) is 0 Å². The fourth-order valence-electron chi connectivity index (χ4n) is 3.79. The molecule has 7 nitrogen and oxygen atoms in total. The third-order valence-corrected chi connectivity index (χ3v) is 5.70. The summed E-state index contributed by atoms with van der Waals surface area (Å²) in [7, 11) is 2.11. The first-order valence-electron chi connectivity index (χ1n) is 10.5. The van der Waals surface area contributed by atoms with Crippen LogP contribution >= 0.6 is 0 Å². The minimum atomic E-state index is -0.605. The molecule has 162 valence electrons. The van der Waals surface area contributed by atoms with Crippen molar-refractivity contribution in [3.8, 4) is 5.75 Å². The fourth-order valence-corrected chi connectivity index (χ4v) is 3.79. The Kier molecular flexibility index (Phi) is 5.95.